The van der Waals surface area contributed by atoms with Crippen molar-refractivity contribution in [3.63, 3.8) is 0 Å². The van der Waals surface area contributed by atoms with Crippen LogP contribution in [0.3, 0.4) is 0 Å². The highest BCUT2D eigenvalue weighted by atomic mass is 127. The Morgan fingerprint density at radius 2 is 2.31 bits per heavy atom. The molecule has 74 valence electrons. The van der Waals surface area contributed by atoms with Crippen LogP contribution in [0.25, 0.3) is 0 Å². The topological polar surface area (TPSA) is 30.7 Å². The maximum Gasteiger partial charge on any atom is 0.0725 e. The Labute approximate surface area is 93.0 Å². The summed E-state index contributed by atoms with van der Waals surface area (Å²) in [6.07, 6.45) is 6.63. The van der Waals surface area contributed by atoms with Gasteiger partial charge in [0, 0.05) is 6.54 Å². The Morgan fingerprint density at radius 1 is 1.46 bits per heavy atom. The largest absolute Gasteiger partial charge is 0.249 e. The van der Waals surface area contributed by atoms with E-state index in [1.165, 1.54) is 29.4 Å². The fraction of sp³-hybridized carbons (Fsp3) is 0.778. The van der Waals surface area contributed by atoms with E-state index in [1.54, 1.807) is 0 Å². The molecular formula is C9H16IN3. The molecule has 0 fully saturated rings. The number of nitrogens with zero attached hydrogens (tertiary/aromatic N) is 3. The number of alkyl halides is 1. The van der Waals surface area contributed by atoms with Gasteiger partial charge in [-0.25, -0.2) is 4.68 Å². The van der Waals surface area contributed by atoms with Crippen molar-refractivity contribution in [2.75, 3.05) is 4.43 Å². The minimum absolute atomic E-state index is 1.02. The van der Waals surface area contributed by atoms with E-state index in [0.717, 1.165) is 13.0 Å². The lowest BCUT2D eigenvalue weighted by atomic mass is 10.2. The lowest BCUT2D eigenvalue weighted by molar-refractivity contribution is 0.531. The smallest absolute Gasteiger partial charge is 0.0725 e. The summed E-state index contributed by atoms with van der Waals surface area (Å²) in [5, 5.41) is 8.01. The van der Waals surface area contributed by atoms with Crippen LogP contribution in [-0.4, -0.2) is 19.4 Å². The Morgan fingerprint density at radius 3 is 3.00 bits per heavy atom. The zero-order chi connectivity index (χ0) is 9.52. The normalized spacial score (nSPS) is 10.6. The highest BCUT2D eigenvalue weighted by molar-refractivity contribution is 14.1. The molecule has 1 heterocycles. The molecule has 0 aliphatic rings. The van der Waals surface area contributed by atoms with E-state index in [4.69, 9.17) is 0 Å². The van der Waals surface area contributed by atoms with Crippen molar-refractivity contribution in [1.82, 2.24) is 15.0 Å². The maximum atomic E-state index is 4.07. The van der Waals surface area contributed by atoms with Gasteiger partial charge in [0.15, 0.2) is 0 Å². The summed E-state index contributed by atoms with van der Waals surface area (Å²) < 4.78 is 3.24. The predicted octanol–water partition coefficient (Wildman–Crippen LogP) is 2.45. The van der Waals surface area contributed by atoms with E-state index in [2.05, 4.69) is 39.8 Å². The number of halogens is 1. The SMILES string of the molecule is CCCCn1nncc1CCCI. The summed E-state index contributed by atoms with van der Waals surface area (Å²) >= 11 is 2.40. The molecule has 0 unspecified atom stereocenters. The first-order chi connectivity index (χ1) is 6.38. The van der Waals surface area contributed by atoms with E-state index in [0.29, 0.717) is 0 Å². The second kappa shape index (κ2) is 6.34. The fourth-order valence-electron chi connectivity index (χ4n) is 1.22. The van der Waals surface area contributed by atoms with E-state index in [9.17, 15) is 0 Å². The van der Waals surface area contributed by atoms with E-state index in [-0.39, 0.29) is 0 Å². The van der Waals surface area contributed by atoms with Gasteiger partial charge >= 0.3 is 0 Å². The van der Waals surface area contributed by atoms with Gasteiger partial charge in [0.25, 0.3) is 0 Å². The van der Waals surface area contributed by atoms with Crippen molar-refractivity contribution in [1.29, 1.82) is 0 Å². The molecule has 1 aromatic heterocycles. The van der Waals surface area contributed by atoms with Gasteiger partial charge in [-0.15, -0.1) is 5.10 Å². The lowest BCUT2D eigenvalue weighted by Crippen LogP contribution is -2.05. The second-order valence-electron chi connectivity index (χ2n) is 3.09. The number of aryl methyl sites for hydroxylation is 2. The molecule has 1 rings (SSSR count). The molecule has 0 spiro atoms. The van der Waals surface area contributed by atoms with Crippen molar-refractivity contribution >= 4 is 22.6 Å². The van der Waals surface area contributed by atoms with Gasteiger partial charge in [0.05, 0.1) is 11.9 Å². The molecule has 13 heavy (non-hydrogen) atoms. The molecule has 0 aliphatic carbocycles. The first kappa shape index (κ1) is 10.9. The minimum atomic E-state index is 1.02. The summed E-state index contributed by atoms with van der Waals surface area (Å²) in [6, 6.07) is 0. The Kier molecular flexibility index (Phi) is 5.34. The van der Waals surface area contributed by atoms with Gasteiger partial charge in [0.2, 0.25) is 0 Å². The van der Waals surface area contributed by atoms with Crippen LogP contribution < -0.4 is 0 Å². The molecule has 0 atom stereocenters. The average Bonchev–Trinajstić information content (AvgIpc) is 2.59. The van der Waals surface area contributed by atoms with Crippen LogP contribution in [-0.2, 0) is 13.0 Å². The van der Waals surface area contributed by atoms with Crippen molar-refractivity contribution < 1.29 is 0 Å². The van der Waals surface area contributed by atoms with Gasteiger partial charge in [-0.05, 0) is 23.7 Å². The molecule has 0 aliphatic heterocycles. The third-order valence-corrected chi connectivity index (χ3v) is 2.75. The fourth-order valence-corrected chi connectivity index (χ4v) is 1.60. The zero-order valence-electron chi connectivity index (χ0n) is 8.04. The van der Waals surface area contributed by atoms with E-state index >= 15 is 0 Å². The Hall–Kier alpha value is -0.130. The number of rotatable bonds is 6. The molecule has 4 heteroatoms. The molecule has 0 N–H and O–H groups in total. The maximum absolute atomic E-state index is 4.07. The predicted molar refractivity (Wildman–Crippen MR) is 62.1 cm³/mol. The summed E-state index contributed by atoms with van der Waals surface area (Å²) in [4.78, 5) is 0. The van der Waals surface area contributed by atoms with Crippen molar-refractivity contribution in [3.8, 4) is 0 Å². The lowest BCUT2D eigenvalue weighted by Gasteiger charge is -2.03. The quantitative estimate of drug-likeness (QED) is 0.596. The highest BCUT2D eigenvalue weighted by Crippen LogP contribution is 2.04. The number of hydrogen-bond donors (Lipinski definition) is 0. The van der Waals surface area contributed by atoms with Gasteiger partial charge in [-0.2, -0.15) is 0 Å². The third kappa shape index (κ3) is 3.62. The second-order valence-corrected chi connectivity index (χ2v) is 4.17. The van der Waals surface area contributed by atoms with Gasteiger partial charge in [-0.1, -0.05) is 41.1 Å². The van der Waals surface area contributed by atoms with E-state index in [1.807, 2.05) is 10.9 Å². The average molecular weight is 293 g/mol. The molecule has 3 nitrogen and oxygen atoms in total. The van der Waals surface area contributed by atoms with E-state index < -0.39 is 0 Å². The summed E-state index contributed by atoms with van der Waals surface area (Å²) in [7, 11) is 0. The number of hydrogen-bond acceptors (Lipinski definition) is 2. The zero-order valence-corrected chi connectivity index (χ0v) is 10.2. The molecular weight excluding hydrogens is 277 g/mol. The van der Waals surface area contributed by atoms with Crippen LogP contribution in [0.1, 0.15) is 31.9 Å². The molecule has 1 aromatic rings. The summed E-state index contributed by atoms with van der Waals surface area (Å²) in [6.45, 7) is 3.22. The number of unbranched alkanes of at least 4 members (excludes halogenated alkanes) is 1. The van der Waals surface area contributed by atoms with Crippen LogP contribution in [0.2, 0.25) is 0 Å². The van der Waals surface area contributed by atoms with Crippen LogP contribution >= 0.6 is 22.6 Å². The summed E-state index contributed by atoms with van der Waals surface area (Å²) in [5.74, 6) is 0. The van der Waals surface area contributed by atoms with Crippen molar-refractivity contribution in [2.45, 2.75) is 39.2 Å². The first-order valence-corrected chi connectivity index (χ1v) is 6.34. The van der Waals surface area contributed by atoms with Crippen LogP contribution in [0.5, 0.6) is 0 Å². The number of aromatic nitrogens is 3. The monoisotopic (exact) mass is 293 g/mol. The van der Waals surface area contributed by atoms with Crippen LogP contribution in [0.15, 0.2) is 6.20 Å². The van der Waals surface area contributed by atoms with Crippen LogP contribution in [0.4, 0.5) is 0 Å². The third-order valence-electron chi connectivity index (χ3n) is 1.99. The van der Waals surface area contributed by atoms with Crippen LogP contribution in [0, 0.1) is 0 Å². The van der Waals surface area contributed by atoms with Gasteiger partial charge in [0.1, 0.15) is 0 Å². The standard InChI is InChI=1S/C9H16IN3/c1-2-3-7-13-9(5-4-6-10)8-11-12-13/h8H,2-7H2,1H3. The molecule has 0 saturated heterocycles. The van der Waals surface area contributed by atoms with Crippen molar-refractivity contribution in [2.24, 2.45) is 0 Å². The first-order valence-electron chi connectivity index (χ1n) is 4.81. The van der Waals surface area contributed by atoms with Crippen molar-refractivity contribution in [3.05, 3.63) is 11.9 Å². The molecule has 0 saturated carbocycles. The Bertz CT molecular complexity index is 212. The van der Waals surface area contributed by atoms with Gasteiger partial charge in [-0.3, -0.25) is 0 Å². The molecule has 0 amide bonds. The Balaban J connectivity index is 2.45. The molecule has 0 aromatic carbocycles. The van der Waals surface area contributed by atoms with Gasteiger partial charge < -0.3 is 0 Å². The molecule has 0 bridgehead atoms. The highest BCUT2D eigenvalue weighted by Gasteiger charge is 2.01. The minimum Gasteiger partial charge on any atom is -0.249 e. The summed E-state index contributed by atoms with van der Waals surface area (Å²) in [5.41, 5.74) is 1.28. The molecule has 0 radical (unpaired) electrons.